The molecular formula is C13H24BrN3OS. The van der Waals surface area contributed by atoms with Crippen molar-refractivity contribution in [3.63, 3.8) is 0 Å². The summed E-state index contributed by atoms with van der Waals surface area (Å²) in [6.45, 7) is 7.28. The molecule has 0 saturated heterocycles. The fourth-order valence-corrected chi connectivity index (χ4v) is 3.34. The Morgan fingerprint density at radius 1 is 1.37 bits per heavy atom. The molecule has 1 aromatic heterocycles. The van der Waals surface area contributed by atoms with E-state index in [0.29, 0.717) is 6.61 Å². The molecule has 0 aliphatic heterocycles. The fraction of sp³-hybridized carbons (Fsp3) is 0.769. The van der Waals surface area contributed by atoms with E-state index in [1.54, 1.807) is 0 Å². The normalized spacial score (nSPS) is 11.2. The number of halogens is 1. The lowest BCUT2D eigenvalue weighted by molar-refractivity contribution is 0.296. The van der Waals surface area contributed by atoms with E-state index in [9.17, 15) is 0 Å². The molecule has 1 heterocycles. The second kappa shape index (κ2) is 9.80. The van der Waals surface area contributed by atoms with Crippen LogP contribution in [-0.2, 0) is 19.5 Å². The Kier molecular flexibility index (Phi) is 8.77. The molecule has 2 N–H and O–H groups in total. The van der Waals surface area contributed by atoms with E-state index in [2.05, 4.69) is 44.9 Å². The van der Waals surface area contributed by atoms with E-state index >= 15 is 0 Å². The zero-order valence-corrected chi connectivity index (χ0v) is 14.2. The Morgan fingerprint density at radius 3 is 2.79 bits per heavy atom. The molecule has 4 nitrogen and oxygen atoms in total. The number of thioether (sulfide) groups is 1. The van der Waals surface area contributed by atoms with Crippen LogP contribution in [0.25, 0.3) is 0 Å². The molecule has 0 fully saturated rings. The van der Waals surface area contributed by atoms with Gasteiger partial charge in [-0.05, 0) is 41.4 Å². The highest BCUT2D eigenvalue weighted by atomic mass is 79.9. The SMILES string of the molecule is CCc1nn(CC)c(CNCCSCCCO)c1Br. The Bertz CT molecular complexity index is 371. The van der Waals surface area contributed by atoms with Gasteiger partial charge >= 0.3 is 0 Å². The summed E-state index contributed by atoms with van der Waals surface area (Å²) in [5.41, 5.74) is 2.37. The van der Waals surface area contributed by atoms with E-state index in [1.807, 2.05) is 11.8 Å². The summed E-state index contributed by atoms with van der Waals surface area (Å²) in [5.74, 6) is 2.12. The molecule has 19 heavy (non-hydrogen) atoms. The minimum absolute atomic E-state index is 0.294. The highest BCUT2D eigenvalue weighted by Gasteiger charge is 2.12. The third-order valence-electron chi connectivity index (χ3n) is 2.86. The average Bonchev–Trinajstić information content (AvgIpc) is 2.74. The van der Waals surface area contributed by atoms with Crippen LogP contribution in [0.5, 0.6) is 0 Å². The van der Waals surface area contributed by atoms with Crippen molar-refractivity contribution in [3.05, 3.63) is 15.9 Å². The van der Waals surface area contributed by atoms with Crippen LogP contribution < -0.4 is 5.32 Å². The molecule has 1 rings (SSSR count). The molecule has 0 spiro atoms. The Balaban J connectivity index is 2.34. The number of hydrogen-bond donors (Lipinski definition) is 2. The number of hydrogen-bond acceptors (Lipinski definition) is 4. The van der Waals surface area contributed by atoms with Gasteiger partial charge in [0.05, 0.1) is 15.9 Å². The lowest BCUT2D eigenvalue weighted by Gasteiger charge is -2.07. The number of aromatic nitrogens is 2. The first-order valence-electron chi connectivity index (χ1n) is 6.87. The van der Waals surface area contributed by atoms with Gasteiger partial charge in [0.1, 0.15) is 0 Å². The number of aliphatic hydroxyl groups excluding tert-OH is 1. The average molecular weight is 350 g/mol. The van der Waals surface area contributed by atoms with Crippen molar-refractivity contribution in [3.8, 4) is 0 Å². The second-order valence-electron chi connectivity index (χ2n) is 4.24. The fourth-order valence-electron chi connectivity index (χ4n) is 1.81. The summed E-state index contributed by atoms with van der Waals surface area (Å²) >= 11 is 5.53. The van der Waals surface area contributed by atoms with Crippen molar-refractivity contribution in [2.45, 2.75) is 39.8 Å². The predicted molar refractivity (Wildman–Crippen MR) is 85.7 cm³/mol. The lowest BCUT2D eigenvalue weighted by Crippen LogP contribution is -2.19. The summed E-state index contributed by atoms with van der Waals surface area (Å²) in [4.78, 5) is 0. The molecule has 0 radical (unpaired) electrons. The predicted octanol–water partition coefficient (Wildman–Crippen LogP) is 2.43. The summed E-state index contributed by atoms with van der Waals surface area (Å²) < 4.78 is 3.21. The summed E-state index contributed by atoms with van der Waals surface area (Å²) in [6.07, 6.45) is 1.84. The molecular weight excluding hydrogens is 326 g/mol. The maximum Gasteiger partial charge on any atom is 0.0767 e. The third-order valence-corrected chi connectivity index (χ3v) is 4.84. The molecule has 6 heteroatoms. The maximum absolute atomic E-state index is 8.69. The minimum Gasteiger partial charge on any atom is -0.396 e. The van der Waals surface area contributed by atoms with Gasteiger partial charge in [-0.15, -0.1) is 0 Å². The first-order chi connectivity index (χ1) is 9.24. The zero-order chi connectivity index (χ0) is 14.1. The molecule has 0 aliphatic carbocycles. The van der Waals surface area contributed by atoms with Crippen LogP contribution in [0.2, 0.25) is 0 Å². The molecule has 0 atom stereocenters. The molecule has 0 unspecified atom stereocenters. The molecule has 0 saturated carbocycles. The van der Waals surface area contributed by atoms with Gasteiger partial charge in [0.15, 0.2) is 0 Å². The van der Waals surface area contributed by atoms with E-state index in [0.717, 1.165) is 54.1 Å². The first kappa shape index (κ1) is 17.0. The van der Waals surface area contributed by atoms with Crippen molar-refractivity contribution in [1.29, 1.82) is 0 Å². The van der Waals surface area contributed by atoms with Gasteiger partial charge < -0.3 is 10.4 Å². The van der Waals surface area contributed by atoms with Gasteiger partial charge in [-0.3, -0.25) is 4.68 Å². The number of nitrogens with one attached hydrogen (secondary N) is 1. The van der Waals surface area contributed by atoms with E-state index in [-0.39, 0.29) is 0 Å². The largest absolute Gasteiger partial charge is 0.396 e. The quantitative estimate of drug-likeness (QED) is 0.637. The van der Waals surface area contributed by atoms with E-state index < -0.39 is 0 Å². The van der Waals surface area contributed by atoms with Crippen LogP contribution in [0.1, 0.15) is 31.7 Å². The molecule has 0 amide bonds. The Hall–Kier alpha value is -0.0400. The van der Waals surface area contributed by atoms with Crippen molar-refractivity contribution in [2.75, 3.05) is 24.7 Å². The van der Waals surface area contributed by atoms with Gasteiger partial charge in [-0.1, -0.05) is 6.92 Å². The lowest BCUT2D eigenvalue weighted by atomic mass is 10.3. The van der Waals surface area contributed by atoms with Crippen LogP contribution in [0.4, 0.5) is 0 Å². The van der Waals surface area contributed by atoms with Crippen LogP contribution in [0.3, 0.4) is 0 Å². The smallest absolute Gasteiger partial charge is 0.0767 e. The number of aliphatic hydroxyl groups is 1. The number of nitrogens with zero attached hydrogens (tertiary/aromatic N) is 2. The molecule has 110 valence electrons. The minimum atomic E-state index is 0.294. The Labute approximate surface area is 128 Å². The standard InChI is InChI=1S/C13H24BrN3OS/c1-3-11-13(14)12(17(4-2)16-11)10-15-6-9-19-8-5-7-18/h15,18H,3-10H2,1-2H3. The summed E-state index contributed by atoms with van der Waals surface area (Å²) in [5, 5.41) is 16.7. The third kappa shape index (κ3) is 5.45. The molecule has 1 aromatic rings. The van der Waals surface area contributed by atoms with Crippen molar-refractivity contribution < 1.29 is 5.11 Å². The molecule has 0 aromatic carbocycles. The topological polar surface area (TPSA) is 50.1 Å². The van der Waals surface area contributed by atoms with Crippen LogP contribution in [0, 0.1) is 0 Å². The van der Waals surface area contributed by atoms with E-state index in [1.165, 1.54) is 5.69 Å². The van der Waals surface area contributed by atoms with Crippen LogP contribution in [-0.4, -0.2) is 39.5 Å². The number of aryl methyl sites for hydroxylation is 2. The molecule has 0 bridgehead atoms. The maximum atomic E-state index is 8.69. The van der Waals surface area contributed by atoms with Crippen LogP contribution in [0.15, 0.2) is 4.47 Å². The van der Waals surface area contributed by atoms with Crippen molar-refractivity contribution in [1.82, 2.24) is 15.1 Å². The Morgan fingerprint density at radius 2 is 2.16 bits per heavy atom. The monoisotopic (exact) mass is 349 g/mol. The summed E-state index contributed by atoms with van der Waals surface area (Å²) in [6, 6.07) is 0. The highest BCUT2D eigenvalue weighted by Crippen LogP contribution is 2.22. The van der Waals surface area contributed by atoms with Crippen molar-refractivity contribution >= 4 is 27.7 Å². The van der Waals surface area contributed by atoms with Gasteiger partial charge in [-0.25, -0.2) is 0 Å². The van der Waals surface area contributed by atoms with Crippen LogP contribution >= 0.6 is 27.7 Å². The number of rotatable bonds is 10. The highest BCUT2D eigenvalue weighted by molar-refractivity contribution is 9.10. The van der Waals surface area contributed by atoms with Gasteiger partial charge in [0.2, 0.25) is 0 Å². The van der Waals surface area contributed by atoms with Crippen molar-refractivity contribution in [2.24, 2.45) is 0 Å². The van der Waals surface area contributed by atoms with Gasteiger partial charge in [-0.2, -0.15) is 16.9 Å². The second-order valence-corrected chi connectivity index (χ2v) is 6.26. The first-order valence-corrected chi connectivity index (χ1v) is 8.82. The van der Waals surface area contributed by atoms with E-state index in [4.69, 9.17) is 5.11 Å². The molecule has 0 aliphatic rings. The van der Waals surface area contributed by atoms with Gasteiger partial charge in [0, 0.05) is 32.0 Å². The summed E-state index contributed by atoms with van der Waals surface area (Å²) in [7, 11) is 0. The van der Waals surface area contributed by atoms with Gasteiger partial charge in [0.25, 0.3) is 0 Å². The zero-order valence-electron chi connectivity index (χ0n) is 11.8.